The Morgan fingerprint density at radius 1 is 1.17 bits per heavy atom. The first-order valence-electron chi connectivity index (χ1n) is 6.48. The van der Waals surface area contributed by atoms with Crippen molar-refractivity contribution in [2.45, 2.75) is 6.42 Å². The SMILES string of the molecule is COC(=O)c1cncc(N=Nc2ccc(O)c(CC(=O)O)c2)c1. The van der Waals surface area contributed by atoms with Crippen LogP contribution >= 0.6 is 0 Å². The van der Waals surface area contributed by atoms with Crippen LogP contribution < -0.4 is 0 Å². The predicted octanol–water partition coefficient (Wildman–Crippen LogP) is 2.62. The molecule has 0 radical (unpaired) electrons. The maximum absolute atomic E-state index is 11.4. The summed E-state index contributed by atoms with van der Waals surface area (Å²) in [5.74, 6) is -1.73. The fourth-order valence-electron chi connectivity index (χ4n) is 1.77. The van der Waals surface area contributed by atoms with Gasteiger partial charge >= 0.3 is 11.9 Å². The molecule has 2 rings (SSSR count). The molecule has 8 nitrogen and oxygen atoms in total. The number of benzene rings is 1. The molecular formula is C15H13N3O5. The second-order valence-electron chi connectivity index (χ2n) is 4.51. The Balaban J connectivity index is 2.23. The average molecular weight is 315 g/mol. The van der Waals surface area contributed by atoms with Gasteiger partial charge in [0.1, 0.15) is 11.4 Å². The summed E-state index contributed by atoms with van der Waals surface area (Å²) in [6, 6.07) is 5.71. The number of azo groups is 1. The molecular weight excluding hydrogens is 302 g/mol. The third kappa shape index (κ3) is 4.34. The molecule has 1 aromatic heterocycles. The molecule has 8 heteroatoms. The summed E-state index contributed by atoms with van der Waals surface area (Å²) < 4.78 is 4.59. The molecule has 1 aromatic carbocycles. The number of phenolic OH excluding ortho intramolecular Hbond substituents is 1. The van der Waals surface area contributed by atoms with Gasteiger partial charge in [-0.1, -0.05) is 0 Å². The number of carbonyl (C=O) groups is 2. The number of nitrogens with zero attached hydrogens (tertiary/aromatic N) is 3. The molecule has 0 aliphatic carbocycles. The van der Waals surface area contributed by atoms with Gasteiger partial charge in [0.25, 0.3) is 0 Å². The molecule has 2 aromatic rings. The standard InChI is InChI=1S/C15H13N3O5/c1-23-15(22)10-5-12(8-16-7-10)18-17-11-2-3-13(19)9(4-11)6-14(20)21/h2-5,7-8,19H,6H2,1H3,(H,20,21). The van der Waals surface area contributed by atoms with Gasteiger partial charge in [-0.25, -0.2) is 4.79 Å². The maximum Gasteiger partial charge on any atom is 0.339 e. The van der Waals surface area contributed by atoms with Crippen LogP contribution in [0.4, 0.5) is 11.4 Å². The van der Waals surface area contributed by atoms with E-state index in [1.807, 2.05) is 0 Å². The first kappa shape index (κ1) is 16.1. The van der Waals surface area contributed by atoms with Crippen molar-refractivity contribution in [2.75, 3.05) is 7.11 Å². The number of hydrogen-bond acceptors (Lipinski definition) is 7. The van der Waals surface area contributed by atoms with E-state index in [1.165, 1.54) is 43.8 Å². The normalized spacial score (nSPS) is 10.7. The number of pyridine rings is 1. The second kappa shape index (κ2) is 7.12. The van der Waals surface area contributed by atoms with E-state index >= 15 is 0 Å². The predicted molar refractivity (Wildman–Crippen MR) is 79.2 cm³/mol. The molecule has 0 amide bonds. The van der Waals surface area contributed by atoms with Crippen LogP contribution in [0, 0.1) is 0 Å². The Morgan fingerprint density at radius 3 is 2.61 bits per heavy atom. The number of aromatic nitrogens is 1. The Labute approximate surface area is 131 Å². The molecule has 2 N–H and O–H groups in total. The number of phenols is 1. The van der Waals surface area contributed by atoms with E-state index in [9.17, 15) is 14.7 Å². The van der Waals surface area contributed by atoms with Crippen LogP contribution in [0.2, 0.25) is 0 Å². The number of rotatable bonds is 5. The molecule has 0 atom stereocenters. The molecule has 118 valence electrons. The summed E-state index contributed by atoms with van der Waals surface area (Å²) in [5, 5.41) is 26.2. The van der Waals surface area contributed by atoms with Gasteiger partial charge in [0.05, 0.1) is 31.0 Å². The second-order valence-corrected chi connectivity index (χ2v) is 4.51. The average Bonchev–Trinajstić information content (AvgIpc) is 2.54. The minimum atomic E-state index is -1.07. The lowest BCUT2D eigenvalue weighted by atomic mass is 10.1. The van der Waals surface area contributed by atoms with E-state index in [0.717, 1.165) is 0 Å². The Morgan fingerprint density at radius 2 is 1.91 bits per heavy atom. The summed E-state index contributed by atoms with van der Waals surface area (Å²) in [4.78, 5) is 26.0. The highest BCUT2D eigenvalue weighted by molar-refractivity contribution is 5.89. The number of aromatic hydroxyl groups is 1. The number of carboxylic acids is 1. The topological polar surface area (TPSA) is 121 Å². The molecule has 23 heavy (non-hydrogen) atoms. The Kier molecular flexibility index (Phi) is 4.98. The minimum Gasteiger partial charge on any atom is -0.508 e. The van der Waals surface area contributed by atoms with Crippen molar-refractivity contribution in [1.29, 1.82) is 0 Å². The fourth-order valence-corrected chi connectivity index (χ4v) is 1.77. The van der Waals surface area contributed by atoms with Crippen LogP contribution in [0.5, 0.6) is 5.75 Å². The van der Waals surface area contributed by atoms with Crippen LogP contribution in [-0.4, -0.2) is 34.2 Å². The van der Waals surface area contributed by atoms with Crippen LogP contribution in [0.1, 0.15) is 15.9 Å². The van der Waals surface area contributed by atoms with Gasteiger partial charge < -0.3 is 14.9 Å². The van der Waals surface area contributed by atoms with E-state index in [-0.39, 0.29) is 23.3 Å². The molecule has 0 unspecified atom stereocenters. The molecule has 0 fully saturated rings. The van der Waals surface area contributed by atoms with Crippen LogP contribution in [0.25, 0.3) is 0 Å². The number of carboxylic acid groups (broad SMARTS) is 1. The van der Waals surface area contributed by atoms with Crippen molar-refractivity contribution in [3.63, 3.8) is 0 Å². The Hall–Kier alpha value is -3.29. The first-order chi connectivity index (χ1) is 11.0. The van der Waals surface area contributed by atoms with Crippen LogP contribution in [-0.2, 0) is 16.0 Å². The van der Waals surface area contributed by atoms with Gasteiger partial charge in [0, 0.05) is 11.8 Å². The number of hydrogen-bond donors (Lipinski definition) is 2. The molecule has 0 aliphatic rings. The quantitative estimate of drug-likeness (QED) is 0.646. The van der Waals surface area contributed by atoms with E-state index < -0.39 is 11.9 Å². The van der Waals surface area contributed by atoms with Crippen molar-refractivity contribution >= 4 is 23.3 Å². The zero-order chi connectivity index (χ0) is 16.8. The molecule has 0 saturated heterocycles. The third-order valence-corrected chi connectivity index (χ3v) is 2.83. The lowest BCUT2D eigenvalue weighted by molar-refractivity contribution is -0.136. The van der Waals surface area contributed by atoms with E-state index in [4.69, 9.17) is 5.11 Å². The molecule has 0 spiro atoms. The van der Waals surface area contributed by atoms with Gasteiger partial charge in [0.15, 0.2) is 0 Å². The van der Waals surface area contributed by atoms with Crippen LogP contribution in [0.3, 0.4) is 0 Å². The number of esters is 1. The largest absolute Gasteiger partial charge is 0.508 e. The van der Waals surface area contributed by atoms with E-state index in [0.29, 0.717) is 11.4 Å². The highest BCUT2D eigenvalue weighted by Crippen LogP contribution is 2.25. The minimum absolute atomic E-state index is 0.124. The van der Waals surface area contributed by atoms with Crippen molar-refractivity contribution in [3.05, 3.63) is 47.8 Å². The summed E-state index contributed by atoms with van der Waals surface area (Å²) in [5.41, 5.74) is 1.17. The van der Waals surface area contributed by atoms with Crippen molar-refractivity contribution in [1.82, 2.24) is 4.98 Å². The highest BCUT2D eigenvalue weighted by Gasteiger charge is 2.08. The van der Waals surface area contributed by atoms with E-state index in [1.54, 1.807) is 0 Å². The Bertz CT molecular complexity index is 773. The van der Waals surface area contributed by atoms with Gasteiger partial charge in [-0.15, -0.1) is 5.11 Å². The summed E-state index contributed by atoms with van der Waals surface area (Å²) in [7, 11) is 1.26. The highest BCUT2D eigenvalue weighted by atomic mass is 16.5. The van der Waals surface area contributed by atoms with Gasteiger partial charge in [0.2, 0.25) is 0 Å². The summed E-state index contributed by atoms with van der Waals surface area (Å²) >= 11 is 0. The number of carbonyl (C=O) groups excluding carboxylic acids is 1. The number of aliphatic carboxylic acids is 1. The number of ether oxygens (including phenoxy) is 1. The fraction of sp³-hybridized carbons (Fsp3) is 0.133. The zero-order valence-corrected chi connectivity index (χ0v) is 12.1. The summed E-state index contributed by atoms with van der Waals surface area (Å²) in [6.45, 7) is 0. The summed E-state index contributed by atoms with van der Waals surface area (Å²) in [6.07, 6.45) is 2.43. The lowest BCUT2D eigenvalue weighted by Crippen LogP contribution is -2.00. The third-order valence-electron chi connectivity index (χ3n) is 2.83. The first-order valence-corrected chi connectivity index (χ1v) is 6.48. The monoisotopic (exact) mass is 315 g/mol. The van der Waals surface area contributed by atoms with E-state index in [2.05, 4.69) is 19.9 Å². The molecule has 0 bridgehead atoms. The molecule has 1 heterocycles. The molecule has 0 saturated carbocycles. The smallest absolute Gasteiger partial charge is 0.339 e. The zero-order valence-electron chi connectivity index (χ0n) is 12.1. The number of methoxy groups -OCH3 is 1. The van der Waals surface area contributed by atoms with Gasteiger partial charge in [-0.05, 0) is 24.3 Å². The van der Waals surface area contributed by atoms with Crippen molar-refractivity contribution < 1.29 is 24.5 Å². The van der Waals surface area contributed by atoms with Crippen molar-refractivity contribution in [3.8, 4) is 5.75 Å². The van der Waals surface area contributed by atoms with Gasteiger partial charge in [-0.3, -0.25) is 9.78 Å². The van der Waals surface area contributed by atoms with Crippen LogP contribution in [0.15, 0.2) is 46.9 Å². The van der Waals surface area contributed by atoms with Gasteiger partial charge in [-0.2, -0.15) is 5.11 Å². The van der Waals surface area contributed by atoms with Crippen molar-refractivity contribution in [2.24, 2.45) is 10.2 Å². The maximum atomic E-state index is 11.4. The molecule has 0 aliphatic heterocycles. The lowest BCUT2D eigenvalue weighted by Gasteiger charge is -2.02.